The number of benzene rings is 3. The van der Waals surface area contributed by atoms with Gasteiger partial charge in [0, 0.05) is 11.1 Å². The molecule has 2 heteroatoms. The SMILES string of the molecule is O/N=C1\c2ccccc2-c2ccc3ccccc3c21. The Bertz CT molecular complexity index is 834. The predicted octanol–water partition coefficient (Wildman–Crippen LogP) is 4.05. The molecule has 0 aromatic heterocycles. The molecule has 0 heterocycles. The molecule has 0 fully saturated rings. The van der Waals surface area contributed by atoms with E-state index in [2.05, 4.69) is 35.5 Å². The lowest BCUT2D eigenvalue weighted by atomic mass is 9.99. The van der Waals surface area contributed by atoms with Crippen LogP contribution in [0.15, 0.2) is 65.8 Å². The molecule has 3 aromatic rings. The minimum absolute atomic E-state index is 0.669. The lowest BCUT2D eigenvalue weighted by molar-refractivity contribution is 0.320. The van der Waals surface area contributed by atoms with Gasteiger partial charge in [-0.3, -0.25) is 0 Å². The zero-order valence-electron chi connectivity index (χ0n) is 10.2. The molecule has 0 bridgehead atoms. The second-order valence-corrected chi connectivity index (χ2v) is 4.70. The molecule has 1 N–H and O–H groups in total. The fraction of sp³-hybridized carbons (Fsp3) is 0. The topological polar surface area (TPSA) is 32.6 Å². The normalized spacial score (nSPS) is 14.6. The highest BCUT2D eigenvalue weighted by molar-refractivity contribution is 6.29. The van der Waals surface area contributed by atoms with Crippen molar-refractivity contribution in [2.45, 2.75) is 0 Å². The van der Waals surface area contributed by atoms with E-state index in [1.807, 2.05) is 30.3 Å². The third-order valence-corrected chi connectivity index (χ3v) is 3.74. The number of hydrogen-bond donors (Lipinski definition) is 1. The maximum absolute atomic E-state index is 9.41. The van der Waals surface area contributed by atoms with E-state index in [-0.39, 0.29) is 0 Å². The van der Waals surface area contributed by atoms with Crippen LogP contribution in [-0.4, -0.2) is 10.9 Å². The van der Waals surface area contributed by atoms with E-state index in [1.54, 1.807) is 0 Å². The highest BCUT2D eigenvalue weighted by Crippen LogP contribution is 2.40. The first-order chi connectivity index (χ1) is 9.40. The van der Waals surface area contributed by atoms with Gasteiger partial charge in [0.2, 0.25) is 0 Å². The van der Waals surface area contributed by atoms with Gasteiger partial charge in [-0.25, -0.2) is 0 Å². The lowest BCUT2D eigenvalue weighted by Crippen LogP contribution is -1.98. The Balaban J connectivity index is 2.20. The molecule has 0 spiro atoms. The van der Waals surface area contributed by atoms with Crippen molar-refractivity contribution in [3.8, 4) is 11.1 Å². The van der Waals surface area contributed by atoms with Crippen LogP contribution in [0.5, 0.6) is 0 Å². The minimum atomic E-state index is 0.669. The summed E-state index contributed by atoms with van der Waals surface area (Å²) in [6.07, 6.45) is 0. The number of nitrogens with zero attached hydrogens (tertiary/aromatic N) is 1. The van der Waals surface area contributed by atoms with Gasteiger partial charge in [0.25, 0.3) is 0 Å². The summed E-state index contributed by atoms with van der Waals surface area (Å²) in [5.41, 5.74) is 4.97. The molecule has 0 aliphatic heterocycles. The van der Waals surface area contributed by atoms with Gasteiger partial charge in [-0.15, -0.1) is 0 Å². The van der Waals surface area contributed by atoms with Crippen molar-refractivity contribution < 1.29 is 5.21 Å². The van der Waals surface area contributed by atoms with Gasteiger partial charge in [0.1, 0.15) is 5.71 Å². The van der Waals surface area contributed by atoms with Crippen molar-refractivity contribution in [1.82, 2.24) is 0 Å². The van der Waals surface area contributed by atoms with Crippen molar-refractivity contribution in [3.63, 3.8) is 0 Å². The van der Waals surface area contributed by atoms with Crippen LogP contribution in [-0.2, 0) is 0 Å². The first kappa shape index (κ1) is 10.3. The molecule has 0 atom stereocenters. The van der Waals surface area contributed by atoms with Gasteiger partial charge >= 0.3 is 0 Å². The molecule has 4 rings (SSSR count). The Morgan fingerprint density at radius 3 is 2.26 bits per heavy atom. The molecule has 0 unspecified atom stereocenters. The average Bonchev–Trinajstić information content (AvgIpc) is 2.81. The Hall–Kier alpha value is -2.61. The van der Waals surface area contributed by atoms with Crippen LogP contribution in [0.4, 0.5) is 0 Å². The lowest BCUT2D eigenvalue weighted by Gasteiger charge is -2.05. The summed E-state index contributed by atoms with van der Waals surface area (Å²) in [5, 5.41) is 15.2. The van der Waals surface area contributed by atoms with E-state index < -0.39 is 0 Å². The van der Waals surface area contributed by atoms with Crippen LogP contribution in [0, 0.1) is 0 Å². The number of hydrogen-bond acceptors (Lipinski definition) is 2. The maximum atomic E-state index is 9.41. The maximum Gasteiger partial charge on any atom is 0.118 e. The van der Waals surface area contributed by atoms with Crippen molar-refractivity contribution in [2.75, 3.05) is 0 Å². The summed E-state index contributed by atoms with van der Waals surface area (Å²) in [6, 6.07) is 20.5. The fourth-order valence-electron chi connectivity index (χ4n) is 2.91. The second kappa shape index (κ2) is 3.69. The van der Waals surface area contributed by atoms with Gasteiger partial charge in [-0.2, -0.15) is 0 Å². The molecule has 90 valence electrons. The summed E-state index contributed by atoms with van der Waals surface area (Å²) in [7, 11) is 0. The van der Waals surface area contributed by atoms with Gasteiger partial charge in [-0.1, -0.05) is 65.8 Å². The average molecular weight is 245 g/mol. The van der Waals surface area contributed by atoms with Crippen LogP contribution >= 0.6 is 0 Å². The van der Waals surface area contributed by atoms with E-state index >= 15 is 0 Å². The Kier molecular flexibility index (Phi) is 2.00. The molecular weight excluding hydrogens is 234 g/mol. The van der Waals surface area contributed by atoms with E-state index in [9.17, 15) is 5.21 Å². The smallest absolute Gasteiger partial charge is 0.118 e. The molecule has 19 heavy (non-hydrogen) atoms. The Labute approximate surface area is 110 Å². The van der Waals surface area contributed by atoms with Crippen molar-refractivity contribution >= 4 is 16.5 Å². The molecule has 1 aliphatic rings. The summed E-state index contributed by atoms with van der Waals surface area (Å²) in [5.74, 6) is 0. The van der Waals surface area contributed by atoms with Crippen LogP contribution in [0.3, 0.4) is 0 Å². The van der Waals surface area contributed by atoms with Gasteiger partial charge in [-0.05, 0) is 21.9 Å². The van der Waals surface area contributed by atoms with Crippen molar-refractivity contribution in [2.24, 2.45) is 5.16 Å². The van der Waals surface area contributed by atoms with Crippen LogP contribution in [0.2, 0.25) is 0 Å². The van der Waals surface area contributed by atoms with Crippen molar-refractivity contribution in [1.29, 1.82) is 0 Å². The second-order valence-electron chi connectivity index (χ2n) is 4.70. The van der Waals surface area contributed by atoms with Crippen LogP contribution < -0.4 is 0 Å². The molecule has 0 radical (unpaired) electrons. The predicted molar refractivity (Wildman–Crippen MR) is 76.8 cm³/mol. The summed E-state index contributed by atoms with van der Waals surface area (Å²) < 4.78 is 0. The highest BCUT2D eigenvalue weighted by atomic mass is 16.4. The third kappa shape index (κ3) is 1.28. The molecular formula is C17H11NO. The summed E-state index contributed by atoms with van der Waals surface area (Å²) in [6.45, 7) is 0. The monoisotopic (exact) mass is 245 g/mol. The van der Waals surface area contributed by atoms with E-state index in [0.29, 0.717) is 5.71 Å². The molecule has 1 aliphatic carbocycles. The number of oxime groups is 1. The quantitative estimate of drug-likeness (QED) is 0.368. The summed E-state index contributed by atoms with van der Waals surface area (Å²) >= 11 is 0. The summed E-state index contributed by atoms with van der Waals surface area (Å²) in [4.78, 5) is 0. The zero-order valence-corrected chi connectivity index (χ0v) is 10.2. The van der Waals surface area contributed by atoms with Crippen molar-refractivity contribution in [3.05, 3.63) is 71.8 Å². The van der Waals surface area contributed by atoms with Gasteiger partial charge < -0.3 is 5.21 Å². The third-order valence-electron chi connectivity index (χ3n) is 3.74. The molecule has 3 aromatic carbocycles. The number of rotatable bonds is 0. The van der Waals surface area contributed by atoms with Crippen LogP contribution in [0.1, 0.15) is 11.1 Å². The Morgan fingerprint density at radius 1 is 0.684 bits per heavy atom. The van der Waals surface area contributed by atoms with Crippen LogP contribution in [0.25, 0.3) is 21.9 Å². The molecule has 0 saturated heterocycles. The number of fused-ring (bicyclic) bond motifs is 5. The largest absolute Gasteiger partial charge is 0.410 e. The standard InChI is InChI=1S/C17H11NO/c19-18-17-15-8-4-3-7-13(15)14-10-9-11-5-1-2-6-12(11)16(14)17/h1-10,19H/b18-17+. The highest BCUT2D eigenvalue weighted by Gasteiger charge is 2.26. The minimum Gasteiger partial charge on any atom is -0.410 e. The van der Waals surface area contributed by atoms with Gasteiger partial charge in [0.05, 0.1) is 0 Å². The first-order valence-electron chi connectivity index (χ1n) is 6.24. The van der Waals surface area contributed by atoms with Gasteiger partial charge in [0.15, 0.2) is 0 Å². The molecule has 0 amide bonds. The first-order valence-corrected chi connectivity index (χ1v) is 6.24. The Morgan fingerprint density at radius 2 is 1.42 bits per heavy atom. The van der Waals surface area contributed by atoms with E-state index in [0.717, 1.165) is 33.0 Å². The van der Waals surface area contributed by atoms with E-state index in [1.165, 1.54) is 0 Å². The molecule has 2 nitrogen and oxygen atoms in total. The zero-order chi connectivity index (χ0) is 12.8. The van der Waals surface area contributed by atoms with E-state index in [4.69, 9.17) is 0 Å². The molecule has 0 saturated carbocycles. The fourth-order valence-corrected chi connectivity index (χ4v) is 2.91.